The number of amides is 1. The molecule has 0 fully saturated rings. The first-order valence-electron chi connectivity index (χ1n) is 4.88. The Labute approximate surface area is 117 Å². The molecular weight excluding hydrogens is 352 g/mol. The number of carboxylic acid groups (broad SMARTS) is 1. The van der Waals surface area contributed by atoms with Crippen LogP contribution in [0.15, 0.2) is 18.2 Å². The van der Waals surface area contributed by atoms with Gasteiger partial charge in [-0.25, -0.2) is 9.18 Å². The maximum Gasteiger partial charge on any atom is 0.327 e. The Morgan fingerprint density at radius 3 is 2.72 bits per heavy atom. The standard InChI is InChI=1S/C12H9FINO3/c1-2-3-10(12(17)18)15-11(16)8-5-4-7(13)6-9(8)14/h1,4-6,10H,3H2,(H,15,16)(H,17,18). The largest absolute Gasteiger partial charge is 0.480 e. The molecule has 6 heteroatoms. The fourth-order valence-electron chi connectivity index (χ4n) is 1.23. The molecule has 0 aliphatic heterocycles. The smallest absolute Gasteiger partial charge is 0.327 e. The zero-order valence-corrected chi connectivity index (χ0v) is 11.3. The molecule has 0 aliphatic rings. The molecule has 1 rings (SSSR count). The number of carboxylic acids is 1. The summed E-state index contributed by atoms with van der Waals surface area (Å²) in [5, 5.41) is 11.1. The average Bonchev–Trinajstić information content (AvgIpc) is 2.27. The van der Waals surface area contributed by atoms with Gasteiger partial charge in [0.1, 0.15) is 11.9 Å². The average molecular weight is 361 g/mol. The fourth-order valence-corrected chi connectivity index (χ4v) is 1.95. The molecule has 1 aromatic rings. The van der Waals surface area contributed by atoms with E-state index >= 15 is 0 Å². The van der Waals surface area contributed by atoms with Crippen molar-refractivity contribution in [1.29, 1.82) is 0 Å². The maximum atomic E-state index is 12.9. The summed E-state index contributed by atoms with van der Waals surface area (Å²) in [5.41, 5.74) is 0.209. The van der Waals surface area contributed by atoms with E-state index in [4.69, 9.17) is 11.5 Å². The van der Waals surface area contributed by atoms with E-state index in [1.54, 1.807) is 22.6 Å². The van der Waals surface area contributed by atoms with Gasteiger partial charge in [-0.05, 0) is 40.8 Å². The van der Waals surface area contributed by atoms with E-state index in [1.807, 2.05) is 0 Å². The highest BCUT2D eigenvalue weighted by Gasteiger charge is 2.20. The van der Waals surface area contributed by atoms with E-state index in [2.05, 4.69) is 11.2 Å². The summed E-state index contributed by atoms with van der Waals surface area (Å²) in [6.07, 6.45) is 4.90. The van der Waals surface area contributed by atoms with Gasteiger partial charge in [-0.1, -0.05) is 0 Å². The second-order valence-electron chi connectivity index (χ2n) is 3.40. The molecular formula is C12H9FINO3. The van der Waals surface area contributed by atoms with Crippen molar-refractivity contribution >= 4 is 34.5 Å². The molecule has 0 heterocycles. The van der Waals surface area contributed by atoms with Crippen LogP contribution >= 0.6 is 22.6 Å². The number of terminal acetylenes is 1. The highest BCUT2D eigenvalue weighted by molar-refractivity contribution is 14.1. The molecule has 18 heavy (non-hydrogen) atoms. The third-order valence-electron chi connectivity index (χ3n) is 2.10. The number of hydrogen-bond acceptors (Lipinski definition) is 2. The molecule has 0 aromatic heterocycles. The summed E-state index contributed by atoms with van der Waals surface area (Å²) in [6, 6.07) is 2.46. The first-order valence-corrected chi connectivity index (χ1v) is 5.95. The van der Waals surface area contributed by atoms with Gasteiger partial charge in [-0.15, -0.1) is 12.3 Å². The Morgan fingerprint density at radius 1 is 1.56 bits per heavy atom. The number of aliphatic carboxylic acids is 1. The molecule has 0 radical (unpaired) electrons. The predicted molar refractivity (Wildman–Crippen MR) is 71.5 cm³/mol. The minimum atomic E-state index is -1.21. The first-order chi connectivity index (χ1) is 8.45. The van der Waals surface area contributed by atoms with Crippen LogP contribution < -0.4 is 5.32 Å². The molecule has 0 saturated heterocycles. The van der Waals surface area contributed by atoms with Crippen molar-refractivity contribution in [2.45, 2.75) is 12.5 Å². The minimum Gasteiger partial charge on any atom is -0.480 e. The Hall–Kier alpha value is -1.62. The summed E-state index contributed by atoms with van der Waals surface area (Å²) in [7, 11) is 0. The highest BCUT2D eigenvalue weighted by Crippen LogP contribution is 2.14. The van der Waals surface area contributed by atoms with E-state index in [0.717, 1.165) is 6.07 Å². The van der Waals surface area contributed by atoms with Gasteiger partial charge in [0.05, 0.1) is 5.56 Å². The van der Waals surface area contributed by atoms with Crippen LogP contribution in [0.1, 0.15) is 16.8 Å². The Morgan fingerprint density at radius 2 is 2.22 bits per heavy atom. The van der Waals surface area contributed by atoms with Crippen LogP contribution in [0.5, 0.6) is 0 Å². The molecule has 0 aliphatic carbocycles. The summed E-state index contributed by atoms with van der Waals surface area (Å²) < 4.78 is 13.3. The van der Waals surface area contributed by atoms with Crippen molar-refractivity contribution in [3.05, 3.63) is 33.1 Å². The van der Waals surface area contributed by atoms with Crippen molar-refractivity contribution in [2.75, 3.05) is 0 Å². The van der Waals surface area contributed by atoms with Crippen molar-refractivity contribution in [2.24, 2.45) is 0 Å². The molecule has 1 atom stereocenters. The monoisotopic (exact) mass is 361 g/mol. The number of halogens is 2. The van der Waals surface area contributed by atoms with Crippen molar-refractivity contribution < 1.29 is 19.1 Å². The van der Waals surface area contributed by atoms with Crippen LogP contribution in [-0.4, -0.2) is 23.0 Å². The van der Waals surface area contributed by atoms with Gasteiger partial charge in [0.15, 0.2) is 0 Å². The van der Waals surface area contributed by atoms with Crippen LogP contribution in [-0.2, 0) is 4.79 Å². The molecule has 0 saturated carbocycles. The molecule has 1 unspecified atom stereocenters. The van der Waals surface area contributed by atoms with Crippen LogP contribution in [0, 0.1) is 21.7 Å². The van der Waals surface area contributed by atoms with Gasteiger partial charge in [0.25, 0.3) is 5.91 Å². The summed E-state index contributed by atoms with van der Waals surface area (Å²) >= 11 is 1.80. The third kappa shape index (κ3) is 3.70. The quantitative estimate of drug-likeness (QED) is 0.633. The number of nitrogens with one attached hydrogen (secondary N) is 1. The molecule has 4 nitrogen and oxygen atoms in total. The van der Waals surface area contributed by atoms with E-state index < -0.39 is 23.7 Å². The number of carbonyl (C=O) groups is 2. The van der Waals surface area contributed by atoms with Crippen LogP contribution in [0.4, 0.5) is 4.39 Å². The second-order valence-corrected chi connectivity index (χ2v) is 4.56. The molecule has 1 amide bonds. The van der Waals surface area contributed by atoms with Crippen LogP contribution in [0.3, 0.4) is 0 Å². The normalized spacial score (nSPS) is 11.4. The van der Waals surface area contributed by atoms with E-state index in [-0.39, 0.29) is 12.0 Å². The van der Waals surface area contributed by atoms with Gasteiger partial charge in [0, 0.05) is 9.99 Å². The molecule has 94 valence electrons. The number of carbonyl (C=O) groups excluding carboxylic acids is 1. The fraction of sp³-hybridized carbons (Fsp3) is 0.167. The lowest BCUT2D eigenvalue weighted by Crippen LogP contribution is -2.40. The highest BCUT2D eigenvalue weighted by atomic mass is 127. The lowest BCUT2D eigenvalue weighted by Gasteiger charge is -2.12. The van der Waals surface area contributed by atoms with Gasteiger partial charge in [-0.3, -0.25) is 4.79 Å². The lowest BCUT2D eigenvalue weighted by atomic mass is 10.1. The summed E-state index contributed by atoms with van der Waals surface area (Å²) in [4.78, 5) is 22.6. The zero-order valence-electron chi connectivity index (χ0n) is 9.11. The molecule has 0 bridgehead atoms. The van der Waals surface area contributed by atoms with Crippen molar-refractivity contribution in [1.82, 2.24) is 5.32 Å². The van der Waals surface area contributed by atoms with E-state index in [0.29, 0.717) is 3.57 Å². The Balaban J connectivity index is 2.87. The van der Waals surface area contributed by atoms with Gasteiger partial charge in [-0.2, -0.15) is 0 Å². The molecule has 0 spiro atoms. The number of benzene rings is 1. The third-order valence-corrected chi connectivity index (χ3v) is 2.99. The van der Waals surface area contributed by atoms with E-state index in [1.165, 1.54) is 12.1 Å². The van der Waals surface area contributed by atoms with Crippen molar-refractivity contribution in [3.63, 3.8) is 0 Å². The Kier molecular flexibility index (Phi) is 5.09. The van der Waals surface area contributed by atoms with Crippen LogP contribution in [0.25, 0.3) is 0 Å². The Bertz CT molecular complexity index is 525. The van der Waals surface area contributed by atoms with Gasteiger partial charge < -0.3 is 10.4 Å². The zero-order chi connectivity index (χ0) is 13.7. The lowest BCUT2D eigenvalue weighted by molar-refractivity contribution is -0.139. The predicted octanol–water partition coefficient (Wildman–Crippen LogP) is 1.64. The summed E-state index contributed by atoms with van der Waals surface area (Å²) in [5.74, 6) is -0.0964. The minimum absolute atomic E-state index is 0.112. The maximum absolute atomic E-state index is 12.9. The summed E-state index contributed by atoms with van der Waals surface area (Å²) in [6.45, 7) is 0. The van der Waals surface area contributed by atoms with Crippen molar-refractivity contribution in [3.8, 4) is 12.3 Å². The first kappa shape index (κ1) is 14.4. The topological polar surface area (TPSA) is 66.4 Å². The number of hydrogen-bond donors (Lipinski definition) is 2. The van der Waals surface area contributed by atoms with Crippen LogP contribution in [0.2, 0.25) is 0 Å². The second kappa shape index (κ2) is 6.35. The SMILES string of the molecule is C#CCC(NC(=O)c1ccc(F)cc1I)C(=O)O. The molecule has 2 N–H and O–H groups in total. The van der Waals surface area contributed by atoms with Gasteiger partial charge >= 0.3 is 5.97 Å². The van der Waals surface area contributed by atoms with E-state index in [9.17, 15) is 14.0 Å². The molecule has 1 aromatic carbocycles. The number of rotatable bonds is 4. The van der Waals surface area contributed by atoms with Gasteiger partial charge in [0.2, 0.25) is 0 Å².